The van der Waals surface area contributed by atoms with Crippen LogP contribution in [0.3, 0.4) is 0 Å². The summed E-state index contributed by atoms with van der Waals surface area (Å²) >= 11 is 6.08. The number of aliphatic hydroxyl groups is 1. The molecule has 0 aliphatic heterocycles. The van der Waals surface area contributed by atoms with E-state index in [2.05, 4.69) is 4.98 Å². The Bertz CT molecular complexity index is 557. The number of halogens is 1. The zero-order valence-corrected chi connectivity index (χ0v) is 11.6. The summed E-state index contributed by atoms with van der Waals surface area (Å²) in [6.45, 7) is 3.88. The van der Waals surface area contributed by atoms with E-state index in [9.17, 15) is 5.11 Å². The molecule has 1 aromatic heterocycles. The van der Waals surface area contributed by atoms with Crippen LogP contribution >= 0.6 is 11.6 Å². The van der Waals surface area contributed by atoms with Gasteiger partial charge < -0.3 is 9.84 Å². The number of rotatable bonds is 4. The molecule has 3 nitrogen and oxygen atoms in total. The molecular formula is C15H16ClNO2. The third-order valence-electron chi connectivity index (χ3n) is 2.62. The van der Waals surface area contributed by atoms with Crippen LogP contribution in [0.5, 0.6) is 5.75 Å². The van der Waals surface area contributed by atoms with Crippen molar-refractivity contribution in [2.24, 2.45) is 0 Å². The van der Waals surface area contributed by atoms with Gasteiger partial charge in [0.05, 0.1) is 12.3 Å². The molecule has 0 spiro atoms. The van der Waals surface area contributed by atoms with E-state index in [4.69, 9.17) is 16.3 Å². The third-order valence-corrected chi connectivity index (χ3v) is 2.97. The Kier molecular flexibility index (Phi) is 4.40. The van der Waals surface area contributed by atoms with Crippen molar-refractivity contribution in [3.63, 3.8) is 0 Å². The first-order valence-corrected chi connectivity index (χ1v) is 6.50. The number of ether oxygens (including phenoxy) is 1. The number of pyridine rings is 1. The number of benzene rings is 1. The lowest BCUT2D eigenvalue weighted by Gasteiger charge is -2.15. The van der Waals surface area contributed by atoms with Crippen LogP contribution in [0.15, 0.2) is 42.7 Å². The van der Waals surface area contributed by atoms with Crippen molar-refractivity contribution in [1.29, 1.82) is 0 Å². The monoisotopic (exact) mass is 277 g/mol. The summed E-state index contributed by atoms with van der Waals surface area (Å²) < 4.78 is 5.56. The van der Waals surface area contributed by atoms with Crippen LogP contribution in [0.25, 0.3) is 0 Å². The Morgan fingerprint density at radius 1 is 1.21 bits per heavy atom. The molecule has 0 aliphatic rings. The summed E-state index contributed by atoms with van der Waals surface area (Å²) in [5.74, 6) is 0.638. The maximum Gasteiger partial charge on any atom is 0.138 e. The lowest BCUT2D eigenvalue weighted by atomic mass is 10.0. The fourth-order valence-electron chi connectivity index (χ4n) is 1.80. The summed E-state index contributed by atoms with van der Waals surface area (Å²) in [5.41, 5.74) is 1.32. The number of aromatic nitrogens is 1. The fourth-order valence-corrected chi connectivity index (χ4v) is 2.04. The molecule has 19 heavy (non-hydrogen) atoms. The van der Waals surface area contributed by atoms with Crippen molar-refractivity contribution < 1.29 is 9.84 Å². The van der Waals surface area contributed by atoms with Gasteiger partial charge in [-0.05, 0) is 26.0 Å². The predicted octanol–water partition coefficient (Wildman–Crippen LogP) is 3.60. The van der Waals surface area contributed by atoms with Crippen LogP contribution < -0.4 is 4.74 Å². The Hall–Kier alpha value is -1.58. The summed E-state index contributed by atoms with van der Waals surface area (Å²) in [6, 6.07) is 8.99. The summed E-state index contributed by atoms with van der Waals surface area (Å²) in [4.78, 5) is 4.09. The molecule has 1 N–H and O–H groups in total. The average molecular weight is 278 g/mol. The Balaban J connectivity index is 2.29. The summed E-state index contributed by atoms with van der Waals surface area (Å²) in [7, 11) is 0. The molecule has 1 aromatic carbocycles. The van der Waals surface area contributed by atoms with Crippen LogP contribution in [0.1, 0.15) is 31.1 Å². The van der Waals surface area contributed by atoms with E-state index >= 15 is 0 Å². The molecule has 0 radical (unpaired) electrons. The number of aliphatic hydroxyl groups excluding tert-OH is 1. The van der Waals surface area contributed by atoms with Crippen molar-refractivity contribution >= 4 is 11.6 Å². The molecule has 0 saturated heterocycles. The van der Waals surface area contributed by atoms with Crippen LogP contribution in [-0.2, 0) is 0 Å². The maximum absolute atomic E-state index is 10.4. The lowest BCUT2D eigenvalue weighted by Crippen LogP contribution is -2.07. The first kappa shape index (κ1) is 13.8. The highest BCUT2D eigenvalue weighted by Gasteiger charge is 2.14. The van der Waals surface area contributed by atoms with Crippen LogP contribution in [0, 0.1) is 0 Å². The zero-order chi connectivity index (χ0) is 13.8. The number of hydrogen-bond donors (Lipinski definition) is 1. The van der Waals surface area contributed by atoms with Gasteiger partial charge >= 0.3 is 0 Å². The summed E-state index contributed by atoms with van der Waals surface area (Å²) in [5, 5.41) is 10.9. The van der Waals surface area contributed by atoms with Gasteiger partial charge in [-0.1, -0.05) is 29.8 Å². The van der Waals surface area contributed by atoms with Crippen molar-refractivity contribution in [1.82, 2.24) is 4.98 Å². The SMILES string of the molecule is CC(C)Oc1cncc(C(O)c2ccccc2Cl)c1. The Morgan fingerprint density at radius 3 is 2.63 bits per heavy atom. The maximum atomic E-state index is 10.4. The molecule has 0 amide bonds. The minimum absolute atomic E-state index is 0.0644. The number of nitrogens with zero attached hydrogens (tertiary/aromatic N) is 1. The molecular weight excluding hydrogens is 262 g/mol. The minimum Gasteiger partial charge on any atom is -0.489 e. The largest absolute Gasteiger partial charge is 0.489 e. The average Bonchev–Trinajstić information content (AvgIpc) is 2.38. The van der Waals surface area contributed by atoms with Gasteiger partial charge in [-0.3, -0.25) is 4.98 Å². The van der Waals surface area contributed by atoms with E-state index in [1.807, 2.05) is 26.0 Å². The van der Waals surface area contributed by atoms with E-state index in [0.29, 0.717) is 21.9 Å². The first-order chi connectivity index (χ1) is 9.08. The van der Waals surface area contributed by atoms with E-state index in [-0.39, 0.29) is 6.10 Å². The van der Waals surface area contributed by atoms with Gasteiger partial charge in [-0.2, -0.15) is 0 Å². The lowest BCUT2D eigenvalue weighted by molar-refractivity contribution is 0.215. The molecule has 0 aliphatic carbocycles. The van der Waals surface area contributed by atoms with Crippen LogP contribution in [-0.4, -0.2) is 16.2 Å². The van der Waals surface area contributed by atoms with Gasteiger partial charge in [-0.25, -0.2) is 0 Å². The molecule has 2 aromatic rings. The van der Waals surface area contributed by atoms with Crippen LogP contribution in [0.2, 0.25) is 5.02 Å². The van der Waals surface area contributed by atoms with E-state index in [1.54, 1.807) is 30.6 Å². The molecule has 0 bridgehead atoms. The first-order valence-electron chi connectivity index (χ1n) is 6.12. The minimum atomic E-state index is -0.808. The molecule has 1 heterocycles. The number of hydrogen-bond acceptors (Lipinski definition) is 3. The molecule has 0 saturated carbocycles. The van der Waals surface area contributed by atoms with Gasteiger partial charge in [0, 0.05) is 22.3 Å². The predicted molar refractivity (Wildman–Crippen MR) is 75.5 cm³/mol. The van der Waals surface area contributed by atoms with E-state index < -0.39 is 6.10 Å². The second-order valence-corrected chi connectivity index (χ2v) is 4.95. The van der Waals surface area contributed by atoms with Crippen molar-refractivity contribution in [3.8, 4) is 5.75 Å². The Morgan fingerprint density at radius 2 is 1.95 bits per heavy atom. The highest BCUT2D eigenvalue weighted by molar-refractivity contribution is 6.31. The zero-order valence-electron chi connectivity index (χ0n) is 10.9. The third kappa shape index (κ3) is 3.46. The smallest absolute Gasteiger partial charge is 0.138 e. The van der Waals surface area contributed by atoms with E-state index in [0.717, 1.165) is 0 Å². The quantitative estimate of drug-likeness (QED) is 0.928. The second-order valence-electron chi connectivity index (χ2n) is 4.54. The van der Waals surface area contributed by atoms with Gasteiger partial charge in [0.2, 0.25) is 0 Å². The second kappa shape index (κ2) is 6.04. The molecule has 2 rings (SSSR count). The van der Waals surface area contributed by atoms with Crippen molar-refractivity contribution in [2.75, 3.05) is 0 Å². The normalized spacial score (nSPS) is 12.5. The fraction of sp³-hybridized carbons (Fsp3) is 0.267. The molecule has 4 heteroatoms. The van der Waals surface area contributed by atoms with Crippen LogP contribution in [0.4, 0.5) is 0 Å². The standard InChI is InChI=1S/C15H16ClNO2/c1-10(2)19-12-7-11(8-17-9-12)15(18)13-5-3-4-6-14(13)16/h3-10,15,18H,1-2H3. The molecule has 1 unspecified atom stereocenters. The molecule has 100 valence electrons. The molecule has 0 fully saturated rings. The molecule has 1 atom stereocenters. The van der Waals surface area contributed by atoms with Gasteiger partial charge in [-0.15, -0.1) is 0 Å². The highest BCUT2D eigenvalue weighted by atomic mass is 35.5. The van der Waals surface area contributed by atoms with Gasteiger partial charge in [0.15, 0.2) is 0 Å². The topological polar surface area (TPSA) is 42.4 Å². The van der Waals surface area contributed by atoms with E-state index in [1.165, 1.54) is 0 Å². The summed E-state index contributed by atoms with van der Waals surface area (Å²) in [6.07, 6.45) is 2.50. The highest BCUT2D eigenvalue weighted by Crippen LogP contribution is 2.29. The Labute approximate surface area is 117 Å². The van der Waals surface area contributed by atoms with Crippen molar-refractivity contribution in [2.45, 2.75) is 26.1 Å². The van der Waals surface area contributed by atoms with Gasteiger partial charge in [0.25, 0.3) is 0 Å². The van der Waals surface area contributed by atoms with Crippen molar-refractivity contribution in [3.05, 3.63) is 58.9 Å². The van der Waals surface area contributed by atoms with Gasteiger partial charge in [0.1, 0.15) is 11.9 Å².